The summed E-state index contributed by atoms with van der Waals surface area (Å²) >= 11 is 0. The Bertz CT molecular complexity index is 702. The van der Waals surface area contributed by atoms with Crippen LogP contribution >= 0.6 is 0 Å². The second-order valence-electron chi connectivity index (χ2n) is 5.44. The highest BCUT2D eigenvalue weighted by Crippen LogP contribution is 2.14. The van der Waals surface area contributed by atoms with E-state index in [1.165, 1.54) is 4.57 Å². The van der Waals surface area contributed by atoms with Crippen molar-refractivity contribution in [2.75, 3.05) is 19.7 Å². The fraction of sp³-hybridized carbons (Fsp3) is 0.500. The van der Waals surface area contributed by atoms with Crippen molar-refractivity contribution in [2.45, 2.75) is 26.2 Å². The molecule has 0 fully saturated rings. The molecule has 0 unspecified atom stereocenters. The third-order valence-corrected chi connectivity index (χ3v) is 3.84. The van der Waals surface area contributed by atoms with Gasteiger partial charge in [-0.05, 0) is 24.6 Å². The number of aromatic nitrogens is 2. The van der Waals surface area contributed by atoms with Gasteiger partial charge < -0.3 is 15.0 Å². The number of unbranched alkanes of at least 4 members (excludes halogenated alkanes) is 2. The van der Waals surface area contributed by atoms with Gasteiger partial charge in [0.25, 0.3) is 5.91 Å². The topological polar surface area (TPSA) is 78.3 Å². The lowest BCUT2D eigenvalue weighted by Gasteiger charge is -2.21. The Morgan fingerprint density at radius 3 is 2.77 bits per heavy atom. The average molecular weight is 305 g/mol. The Morgan fingerprint density at radius 2 is 2.09 bits per heavy atom. The number of amides is 1. The summed E-state index contributed by atoms with van der Waals surface area (Å²) in [6.45, 7) is 3.02. The van der Waals surface area contributed by atoms with Crippen LogP contribution in [0.3, 0.4) is 0 Å². The quantitative estimate of drug-likeness (QED) is 0.761. The summed E-state index contributed by atoms with van der Waals surface area (Å²) < 4.78 is 1.51. The van der Waals surface area contributed by atoms with Crippen molar-refractivity contribution in [3.05, 3.63) is 34.2 Å². The predicted octanol–water partition coefficient (Wildman–Crippen LogP) is 1.49. The fourth-order valence-electron chi connectivity index (χ4n) is 2.54. The first kappa shape index (κ1) is 16.3. The Labute approximate surface area is 129 Å². The molecule has 1 amide bonds. The van der Waals surface area contributed by atoms with Crippen LogP contribution in [0.2, 0.25) is 0 Å². The number of imidazole rings is 1. The molecule has 2 N–H and O–H groups in total. The molecule has 6 nitrogen and oxygen atoms in total. The van der Waals surface area contributed by atoms with Crippen LogP contribution in [-0.2, 0) is 7.05 Å². The molecule has 1 heterocycles. The molecule has 1 aromatic carbocycles. The zero-order valence-electron chi connectivity index (χ0n) is 13.1. The second kappa shape index (κ2) is 7.26. The number of nitrogens with one attached hydrogen (secondary N) is 1. The van der Waals surface area contributed by atoms with Crippen molar-refractivity contribution in [1.29, 1.82) is 0 Å². The molecule has 120 valence electrons. The largest absolute Gasteiger partial charge is 0.395 e. The maximum atomic E-state index is 12.6. The van der Waals surface area contributed by atoms with Gasteiger partial charge in [-0.1, -0.05) is 19.8 Å². The molecule has 0 bridgehead atoms. The molecule has 0 radical (unpaired) electrons. The lowest BCUT2D eigenvalue weighted by atomic mass is 10.1. The van der Waals surface area contributed by atoms with E-state index in [1.807, 2.05) is 0 Å². The maximum Gasteiger partial charge on any atom is 0.326 e. The van der Waals surface area contributed by atoms with Crippen molar-refractivity contribution in [3.63, 3.8) is 0 Å². The molecule has 0 atom stereocenters. The molecular formula is C16H23N3O3. The number of carbonyl (C=O) groups is 1. The van der Waals surface area contributed by atoms with Gasteiger partial charge in [0.2, 0.25) is 0 Å². The van der Waals surface area contributed by atoms with Crippen LogP contribution in [-0.4, -0.2) is 45.2 Å². The van der Waals surface area contributed by atoms with Crippen LogP contribution in [0.1, 0.15) is 36.5 Å². The van der Waals surface area contributed by atoms with Crippen LogP contribution in [0.4, 0.5) is 0 Å². The van der Waals surface area contributed by atoms with Crippen molar-refractivity contribution >= 4 is 16.9 Å². The first-order valence-corrected chi connectivity index (χ1v) is 7.67. The molecule has 2 rings (SSSR count). The molecule has 2 aromatic rings. The molecule has 0 aliphatic carbocycles. The Kier molecular flexibility index (Phi) is 5.38. The summed E-state index contributed by atoms with van der Waals surface area (Å²) in [4.78, 5) is 28.6. The van der Waals surface area contributed by atoms with Crippen LogP contribution in [0, 0.1) is 0 Å². The van der Waals surface area contributed by atoms with Crippen LogP contribution in [0.15, 0.2) is 23.0 Å². The number of aliphatic hydroxyl groups excluding tert-OH is 1. The number of hydrogen-bond donors (Lipinski definition) is 2. The summed E-state index contributed by atoms with van der Waals surface area (Å²) in [5.74, 6) is -0.114. The monoisotopic (exact) mass is 305 g/mol. The first-order valence-electron chi connectivity index (χ1n) is 7.67. The van der Waals surface area contributed by atoms with Gasteiger partial charge in [0.15, 0.2) is 0 Å². The van der Waals surface area contributed by atoms with Gasteiger partial charge in [0, 0.05) is 25.7 Å². The second-order valence-corrected chi connectivity index (χ2v) is 5.44. The van der Waals surface area contributed by atoms with Crippen LogP contribution in [0.5, 0.6) is 0 Å². The SMILES string of the molecule is CCCCCN(CCO)C(=O)c1ccc2c(c1)[nH]c(=O)n2C. The molecule has 0 aliphatic rings. The van der Waals surface area contributed by atoms with E-state index in [9.17, 15) is 9.59 Å². The number of carbonyl (C=O) groups excluding carboxylic acids is 1. The number of aliphatic hydroxyl groups is 1. The molecule has 1 aromatic heterocycles. The maximum absolute atomic E-state index is 12.6. The van der Waals surface area contributed by atoms with Gasteiger partial charge in [-0.3, -0.25) is 9.36 Å². The minimum Gasteiger partial charge on any atom is -0.395 e. The van der Waals surface area contributed by atoms with Crippen molar-refractivity contribution < 1.29 is 9.90 Å². The van der Waals surface area contributed by atoms with E-state index >= 15 is 0 Å². The van der Waals surface area contributed by atoms with E-state index < -0.39 is 0 Å². The summed E-state index contributed by atoms with van der Waals surface area (Å²) in [6, 6.07) is 5.19. The lowest BCUT2D eigenvalue weighted by Crippen LogP contribution is -2.34. The van der Waals surface area contributed by atoms with Gasteiger partial charge in [-0.2, -0.15) is 0 Å². The third-order valence-electron chi connectivity index (χ3n) is 3.84. The van der Waals surface area contributed by atoms with E-state index in [0.717, 1.165) is 24.8 Å². The normalized spacial score (nSPS) is 11.0. The molecular weight excluding hydrogens is 282 g/mol. The van der Waals surface area contributed by atoms with Crippen molar-refractivity contribution in [1.82, 2.24) is 14.5 Å². The van der Waals surface area contributed by atoms with Gasteiger partial charge in [0.1, 0.15) is 0 Å². The fourth-order valence-corrected chi connectivity index (χ4v) is 2.54. The van der Waals surface area contributed by atoms with E-state index in [2.05, 4.69) is 11.9 Å². The number of hydrogen-bond acceptors (Lipinski definition) is 3. The highest BCUT2D eigenvalue weighted by molar-refractivity contribution is 5.97. The highest BCUT2D eigenvalue weighted by atomic mass is 16.3. The van der Waals surface area contributed by atoms with E-state index in [4.69, 9.17) is 5.11 Å². The summed E-state index contributed by atoms with van der Waals surface area (Å²) in [6.07, 6.45) is 3.06. The molecule has 6 heteroatoms. The Balaban J connectivity index is 2.23. The smallest absolute Gasteiger partial charge is 0.326 e. The minimum absolute atomic E-state index is 0.0533. The lowest BCUT2D eigenvalue weighted by molar-refractivity contribution is 0.0719. The molecule has 0 spiro atoms. The highest BCUT2D eigenvalue weighted by Gasteiger charge is 2.16. The van der Waals surface area contributed by atoms with Gasteiger partial charge in [0.05, 0.1) is 17.6 Å². The zero-order chi connectivity index (χ0) is 16.1. The van der Waals surface area contributed by atoms with Gasteiger partial charge >= 0.3 is 5.69 Å². The summed E-state index contributed by atoms with van der Waals surface area (Å²) in [7, 11) is 1.69. The number of aryl methyl sites for hydroxylation is 1. The third kappa shape index (κ3) is 3.39. The Morgan fingerprint density at radius 1 is 1.32 bits per heavy atom. The average Bonchev–Trinajstić information content (AvgIpc) is 2.80. The molecule has 0 saturated heterocycles. The number of nitrogens with zero attached hydrogens (tertiary/aromatic N) is 2. The number of benzene rings is 1. The van der Waals surface area contributed by atoms with E-state index in [1.54, 1.807) is 30.1 Å². The van der Waals surface area contributed by atoms with Gasteiger partial charge in [-0.25, -0.2) is 4.79 Å². The molecule has 0 saturated carbocycles. The first-order chi connectivity index (χ1) is 10.6. The summed E-state index contributed by atoms with van der Waals surface area (Å²) in [5.41, 5.74) is 1.74. The van der Waals surface area contributed by atoms with E-state index in [-0.39, 0.29) is 18.2 Å². The zero-order valence-corrected chi connectivity index (χ0v) is 13.1. The van der Waals surface area contributed by atoms with E-state index in [0.29, 0.717) is 24.2 Å². The van der Waals surface area contributed by atoms with Crippen LogP contribution < -0.4 is 5.69 Å². The number of fused-ring (bicyclic) bond motifs is 1. The predicted molar refractivity (Wildman–Crippen MR) is 86.1 cm³/mol. The number of H-pyrrole nitrogens is 1. The van der Waals surface area contributed by atoms with Gasteiger partial charge in [-0.15, -0.1) is 0 Å². The Hall–Kier alpha value is -2.08. The number of aromatic amines is 1. The standard InChI is InChI=1S/C16H23N3O3/c1-3-4-5-8-19(9-10-20)15(21)12-6-7-14-13(11-12)17-16(22)18(14)2/h6-7,11,20H,3-5,8-10H2,1-2H3,(H,17,22). The molecule has 0 aliphatic heterocycles. The van der Waals surface area contributed by atoms with Crippen molar-refractivity contribution in [2.24, 2.45) is 7.05 Å². The number of rotatable bonds is 7. The van der Waals surface area contributed by atoms with Crippen molar-refractivity contribution in [3.8, 4) is 0 Å². The summed E-state index contributed by atoms with van der Waals surface area (Å²) in [5, 5.41) is 9.16. The van der Waals surface area contributed by atoms with Crippen LogP contribution in [0.25, 0.3) is 11.0 Å². The minimum atomic E-state index is -0.199. The molecule has 22 heavy (non-hydrogen) atoms.